The van der Waals surface area contributed by atoms with Crippen molar-refractivity contribution in [2.24, 2.45) is 23.7 Å². The summed E-state index contributed by atoms with van der Waals surface area (Å²) >= 11 is 0. The van der Waals surface area contributed by atoms with Gasteiger partial charge >= 0.3 is 5.97 Å². The third kappa shape index (κ3) is 3.20. The number of methoxy groups -OCH3 is 1. The molecule has 164 valence electrons. The van der Waals surface area contributed by atoms with Gasteiger partial charge < -0.3 is 9.47 Å². The van der Waals surface area contributed by atoms with E-state index in [0.29, 0.717) is 11.3 Å². The summed E-state index contributed by atoms with van der Waals surface area (Å²) in [5, 5.41) is 0. The van der Waals surface area contributed by atoms with E-state index in [1.54, 1.807) is 42.5 Å². The molecule has 3 aliphatic rings. The van der Waals surface area contributed by atoms with E-state index in [0.717, 1.165) is 19.3 Å². The highest BCUT2D eigenvalue weighted by molar-refractivity contribution is 6.24. The predicted octanol–water partition coefficient (Wildman–Crippen LogP) is 3.27. The Bertz CT molecular complexity index is 1080. The number of carbonyl (C=O) groups excluding carboxylic acids is 4. The number of rotatable bonds is 6. The summed E-state index contributed by atoms with van der Waals surface area (Å²) in [6.45, 7) is -0.448. The molecule has 0 spiro atoms. The smallest absolute Gasteiger partial charge is 0.340 e. The number of hydrogen-bond donors (Lipinski definition) is 0. The normalized spacial score (nSPS) is 25.7. The van der Waals surface area contributed by atoms with E-state index >= 15 is 0 Å². The van der Waals surface area contributed by atoms with E-state index in [9.17, 15) is 19.2 Å². The highest BCUT2D eigenvalue weighted by Gasteiger charge is 2.61. The highest BCUT2D eigenvalue weighted by atomic mass is 16.5. The summed E-state index contributed by atoms with van der Waals surface area (Å²) in [4.78, 5) is 52.7. The van der Waals surface area contributed by atoms with Gasteiger partial charge in [0.05, 0.1) is 30.2 Å². The van der Waals surface area contributed by atoms with Crippen molar-refractivity contribution in [2.45, 2.75) is 19.3 Å². The Kier molecular flexibility index (Phi) is 5.04. The van der Waals surface area contributed by atoms with Crippen LogP contribution in [-0.4, -0.2) is 37.3 Å². The number of ether oxygens (including phenoxy) is 2. The molecule has 1 aliphatic heterocycles. The molecule has 0 N–H and O–H groups in total. The molecule has 3 fully saturated rings. The SMILES string of the molecule is COc1ccc(C(=O)COC(=O)c2ccccc2N2C(=O)[C@@H]3[C@H]4CC[C@@H](C4)[C@H]3C2=O)cc1. The average Bonchev–Trinajstić information content (AvgIpc) is 3.51. The molecule has 0 unspecified atom stereocenters. The van der Waals surface area contributed by atoms with Crippen LogP contribution in [0.1, 0.15) is 40.0 Å². The Morgan fingerprint density at radius 1 is 0.938 bits per heavy atom. The van der Waals surface area contributed by atoms with Crippen molar-refractivity contribution in [2.75, 3.05) is 18.6 Å². The first-order chi connectivity index (χ1) is 15.5. The summed E-state index contributed by atoms with van der Waals surface area (Å²) in [6, 6.07) is 12.9. The lowest BCUT2D eigenvalue weighted by Gasteiger charge is -2.19. The summed E-state index contributed by atoms with van der Waals surface area (Å²) in [5.74, 6) is -0.973. The maximum absolute atomic E-state index is 13.2. The van der Waals surface area contributed by atoms with E-state index < -0.39 is 12.6 Å². The number of para-hydroxylation sites is 1. The van der Waals surface area contributed by atoms with Gasteiger partial charge in [-0.05, 0) is 67.5 Å². The number of benzene rings is 2. The second kappa shape index (κ2) is 7.89. The first kappa shape index (κ1) is 20.4. The second-order valence-electron chi connectivity index (χ2n) is 8.64. The van der Waals surface area contributed by atoms with Gasteiger partial charge in [0.15, 0.2) is 12.4 Å². The Morgan fingerprint density at radius 2 is 1.56 bits per heavy atom. The Morgan fingerprint density at radius 3 is 2.19 bits per heavy atom. The van der Waals surface area contributed by atoms with Gasteiger partial charge in [0.2, 0.25) is 11.8 Å². The number of hydrogen-bond acceptors (Lipinski definition) is 6. The van der Waals surface area contributed by atoms with Gasteiger partial charge in [-0.2, -0.15) is 0 Å². The summed E-state index contributed by atoms with van der Waals surface area (Å²) < 4.78 is 10.3. The van der Waals surface area contributed by atoms with Crippen LogP contribution in [0.5, 0.6) is 5.75 Å². The average molecular weight is 433 g/mol. The quantitative estimate of drug-likeness (QED) is 0.395. The number of nitrogens with zero attached hydrogens (tertiary/aromatic N) is 1. The van der Waals surface area contributed by atoms with Gasteiger partial charge in [0, 0.05) is 5.56 Å². The molecule has 5 rings (SSSR count). The zero-order valence-electron chi connectivity index (χ0n) is 17.7. The zero-order chi connectivity index (χ0) is 22.4. The van der Waals surface area contributed by atoms with Crippen molar-refractivity contribution < 1.29 is 28.7 Å². The van der Waals surface area contributed by atoms with E-state index in [1.165, 1.54) is 18.1 Å². The van der Waals surface area contributed by atoms with Crippen molar-refractivity contribution >= 4 is 29.3 Å². The van der Waals surface area contributed by atoms with Crippen molar-refractivity contribution in [3.8, 4) is 5.75 Å². The molecule has 7 nitrogen and oxygen atoms in total. The number of fused-ring (bicyclic) bond motifs is 5. The third-order valence-corrected chi connectivity index (χ3v) is 7.04. The van der Waals surface area contributed by atoms with E-state index in [2.05, 4.69) is 0 Å². The number of carbonyl (C=O) groups is 4. The number of ketones is 1. The molecule has 2 aromatic carbocycles. The summed E-state index contributed by atoms with van der Waals surface area (Å²) in [6.07, 6.45) is 2.91. The van der Waals surface area contributed by atoms with Crippen molar-refractivity contribution in [1.82, 2.24) is 0 Å². The van der Waals surface area contributed by atoms with Gasteiger partial charge in [-0.3, -0.25) is 14.4 Å². The minimum Gasteiger partial charge on any atom is -0.497 e. The fourth-order valence-electron chi connectivity index (χ4n) is 5.56. The van der Waals surface area contributed by atoms with Crippen LogP contribution in [0.15, 0.2) is 48.5 Å². The fourth-order valence-corrected chi connectivity index (χ4v) is 5.56. The van der Waals surface area contributed by atoms with Crippen LogP contribution < -0.4 is 9.64 Å². The molecule has 2 bridgehead atoms. The van der Waals surface area contributed by atoms with Crippen molar-refractivity contribution in [1.29, 1.82) is 0 Å². The van der Waals surface area contributed by atoms with Crippen LogP contribution in [0.25, 0.3) is 0 Å². The molecule has 4 atom stereocenters. The fraction of sp³-hybridized carbons (Fsp3) is 0.360. The maximum Gasteiger partial charge on any atom is 0.340 e. The molecule has 7 heteroatoms. The molecule has 2 saturated carbocycles. The van der Waals surface area contributed by atoms with Gasteiger partial charge in [-0.15, -0.1) is 0 Å². The van der Waals surface area contributed by atoms with Gasteiger partial charge in [0.25, 0.3) is 0 Å². The summed E-state index contributed by atoms with van der Waals surface area (Å²) in [5.41, 5.74) is 0.724. The van der Waals surface area contributed by atoms with Crippen LogP contribution in [0.4, 0.5) is 5.69 Å². The van der Waals surface area contributed by atoms with E-state index in [4.69, 9.17) is 9.47 Å². The van der Waals surface area contributed by atoms with Crippen molar-refractivity contribution in [3.05, 3.63) is 59.7 Å². The monoisotopic (exact) mass is 433 g/mol. The molecule has 1 heterocycles. The lowest BCUT2D eigenvalue weighted by atomic mass is 9.81. The van der Waals surface area contributed by atoms with E-state index in [-0.39, 0.29) is 52.5 Å². The zero-order valence-corrected chi connectivity index (χ0v) is 17.7. The van der Waals surface area contributed by atoms with Gasteiger partial charge in [0.1, 0.15) is 5.75 Å². The molecule has 2 aliphatic carbocycles. The van der Waals surface area contributed by atoms with Crippen LogP contribution in [0.2, 0.25) is 0 Å². The van der Waals surface area contributed by atoms with E-state index in [1.807, 2.05) is 0 Å². The van der Waals surface area contributed by atoms with Crippen molar-refractivity contribution in [3.63, 3.8) is 0 Å². The van der Waals surface area contributed by atoms with Gasteiger partial charge in [-0.25, -0.2) is 9.69 Å². The second-order valence-corrected chi connectivity index (χ2v) is 8.64. The predicted molar refractivity (Wildman–Crippen MR) is 114 cm³/mol. The first-order valence-electron chi connectivity index (χ1n) is 10.8. The molecular weight excluding hydrogens is 410 g/mol. The number of anilines is 1. The van der Waals surface area contributed by atoms with Crippen LogP contribution >= 0.6 is 0 Å². The lowest BCUT2D eigenvalue weighted by Crippen LogP contribution is -2.34. The van der Waals surface area contributed by atoms with Crippen LogP contribution in [-0.2, 0) is 14.3 Å². The molecule has 1 saturated heterocycles. The van der Waals surface area contributed by atoms with Crippen LogP contribution in [0, 0.1) is 23.7 Å². The topological polar surface area (TPSA) is 90.0 Å². The highest BCUT2D eigenvalue weighted by Crippen LogP contribution is 2.56. The molecule has 0 radical (unpaired) electrons. The number of amides is 2. The Labute approximate surface area is 185 Å². The Hall–Kier alpha value is -3.48. The molecule has 0 aromatic heterocycles. The Balaban J connectivity index is 1.33. The van der Waals surface area contributed by atoms with Gasteiger partial charge in [-0.1, -0.05) is 12.1 Å². The first-order valence-corrected chi connectivity index (χ1v) is 10.8. The molecule has 2 amide bonds. The maximum atomic E-state index is 13.2. The minimum absolute atomic E-state index is 0.101. The number of esters is 1. The largest absolute Gasteiger partial charge is 0.497 e. The molecular formula is C25H23NO6. The lowest BCUT2D eigenvalue weighted by molar-refractivity contribution is -0.123. The number of Topliss-reactive ketones (excluding diaryl/α,β-unsaturated/α-hetero) is 1. The minimum atomic E-state index is -0.747. The standard InChI is InChI=1S/C25H23NO6/c1-31-17-10-8-14(9-11-17)20(27)13-32-25(30)18-4-2-3-5-19(18)26-23(28)21-15-6-7-16(12-15)22(21)24(26)29/h2-5,8-11,15-16,21-22H,6-7,12-13H2,1H3/t15-,16-,21+,22+/m0/s1. The third-order valence-electron chi connectivity index (χ3n) is 7.04. The molecule has 2 aromatic rings. The summed E-state index contributed by atoms with van der Waals surface area (Å²) in [7, 11) is 1.53. The molecule has 32 heavy (non-hydrogen) atoms. The van der Waals surface area contributed by atoms with Crippen LogP contribution in [0.3, 0.4) is 0 Å². The number of imide groups is 1.